The second kappa shape index (κ2) is 9.03. The maximum absolute atomic E-state index is 12.2. The van der Waals surface area contributed by atoms with Crippen molar-refractivity contribution >= 4 is 23.5 Å². The molecule has 0 unspecified atom stereocenters. The van der Waals surface area contributed by atoms with E-state index >= 15 is 0 Å². The fourth-order valence-electron chi connectivity index (χ4n) is 2.49. The Hall–Kier alpha value is -3.35. The number of esters is 1. The molecule has 0 saturated carbocycles. The van der Waals surface area contributed by atoms with Crippen LogP contribution in [0.25, 0.3) is 0 Å². The number of nitrogens with zero attached hydrogens (tertiary/aromatic N) is 1. The van der Waals surface area contributed by atoms with Crippen LogP contribution in [0.2, 0.25) is 0 Å². The van der Waals surface area contributed by atoms with Crippen molar-refractivity contribution in [2.45, 2.75) is 20.8 Å². The van der Waals surface area contributed by atoms with Crippen LogP contribution in [0.5, 0.6) is 5.75 Å². The Balaban J connectivity index is 1.88. The van der Waals surface area contributed by atoms with Crippen LogP contribution in [0.3, 0.4) is 0 Å². The Bertz CT molecular complexity index is 908. The van der Waals surface area contributed by atoms with Crippen LogP contribution in [0, 0.1) is 20.8 Å². The Morgan fingerprint density at radius 1 is 1.04 bits per heavy atom. The highest BCUT2D eigenvalue weighted by molar-refractivity contribution is 5.96. The monoisotopic (exact) mass is 384 g/mol. The van der Waals surface area contributed by atoms with Crippen LogP contribution in [0.1, 0.15) is 27.0 Å². The first kappa shape index (κ1) is 21.0. The van der Waals surface area contributed by atoms with Crippen LogP contribution in [0.4, 0.5) is 5.69 Å². The molecule has 0 radical (unpaired) electrons. The van der Waals surface area contributed by atoms with Gasteiger partial charge in [0.2, 0.25) is 5.91 Å². The predicted molar refractivity (Wildman–Crippen MR) is 105 cm³/mol. The summed E-state index contributed by atoms with van der Waals surface area (Å²) in [6.45, 7) is 4.86. The minimum absolute atomic E-state index is 0.0110. The number of likely N-dealkylation sites (N-methyl/N-ethyl adjacent to an activating group) is 1. The third-order valence-electron chi connectivity index (χ3n) is 4.17. The first-order chi connectivity index (χ1) is 13.2. The maximum atomic E-state index is 12.2. The normalized spacial score (nSPS) is 10.3. The first-order valence-corrected chi connectivity index (χ1v) is 8.75. The van der Waals surface area contributed by atoms with Gasteiger partial charge in [0.15, 0.2) is 6.61 Å². The molecule has 0 aliphatic carbocycles. The van der Waals surface area contributed by atoms with Crippen molar-refractivity contribution in [3.63, 3.8) is 0 Å². The molecule has 0 spiro atoms. The van der Waals surface area contributed by atoms with Gasteiger partial charge in [-0.25, -0.2) is 4.79 Å². The minimum Gasteiger partial charge on any atom is -0.507 e. The number of anilines is 1. The number of nitrogens with one attached hydrogen (secondary N) is 1. The van der Waals surface area contributed by atoms with E-state index in [-0.39, 0.29) is 23.8 Å². The number of amides is 2. The number of hydrogen-bond donors (Lipinski definition) is 2. The van der Waals surface area contributed by atoms with Crippen LogP contribution < -0.4 is 5.32 Å². The van der Waals surface area contributed by atoms with Gasteiger partial charge in [-0.15, -0.1) is 0 Å². The lowest BCUT2D eigenvalue weighted by Crippen LogP contribution is -2.37. The smallest absolute Gasteiger partial charge is 0.342 e. The van der Waals surface area contributed by atoms with E-state index in [2.05, 4.69) is 5.32 Å². The molecule has 2 aromatic carbocycles. The van der Waals surface area contributed by atoms with Crippen molar-refractivity contribution in [3.8, 4) is 5.75 Å². The number of carbonyl (C=O) groups excluding carboxylic acids is 3. The number of carbonyl (C=O) groups is 3. The molecule has 0 fully saturated rings. The highest BCUT2D eigenvalue weighted by Gasteiger charge is 2.18. The SMILES string of the molecule is Cc1ccc(C)c(NC(=O)CN(C)C(=O)COC(=O)c2cc(C)ccc2O)c1. The second-order valence-electron chi connectivity index (χ2n) is 6.71. The van der Waals surface area contributed by atoms with Crippen LogP contribution in [-0.4, -0.2) is 48.0 Å². The quantitative estimate of drug-likeness (QED) is 0.747. The molecule has 7 nitrogen and oxygen atoms in total. The number of aryl methyl sites for hydroxylation is 3. The summed E-state index contributed by atoms with van der Waals surface area (Å²) < 4.78 is 4.96. The van der Waals surface area contributed by atoms with Gasteiger partial charge in [-0.3, -0.25) is 9.59 Å². The molecule has 148 valence electrons. The third kappa shape index (κ3) is 5.57. The number of hydrogen-bond acceptors (Lipinski definition) is 5. The zero-order valence-electron chi connectivity index (χ0n) is 16.4. The van der Waals surface area contributed by atoms with Crippen molar-refractivity contribution in [2.24, 2.45) is 0 Å². The van der Waals surface area contributed by atoms with Gasteiger partial charge in [0.1, 0.15) is 11.3 Å². The average Bonchev–Trinajstić information content (AvgIpc) is 2.64. The predicted octanol–water partition coefficient (Wildman–Crippen LogP) is 2.57. The zero-order chi connectivity index (χ0) is 20.8. The van der Waals surface area contributed by atoms with Crippen molar-refractivity contribution in [1.29, 1.82) is 0 Å². The second-order valence-corrected chi connectivity index (χ2v) is 6.71. The van der Waals surface area contributed by atoms with E-state index in [0.29, 0.717) is 5.69 Å². The summed E-state index contributed by atoms with van der Waals surface area (Å²) in [6.07, 6.45) is 0. The third-order valence-corrected chi connectivity index (χ3v) is 4.17. The van der Waals surface area contributed by atoms with Gasteiger partial charge in [0, 0.05) is 12.7 Å². The van der Waals surface area contributed by atoms with E-state index in [1.807, 2.05) is 32.0 Å². The van der Waals surface area contributed by atoms with E-state index in [9.17, 15) is 19.5 Å². The summed E-state index contributed by atoms with van der Waals surface area (Å²) in [5.41, 5.74) is 3.38. The first-order valence-electron chi connectivity index (χ1n) is 8.75. The van der Waals surface area contributed by atoms with Crippen molar-refractivity contribution in [3.05, 3.63) is 58.7 Å². The molecule has 2 rings (SSSR count). The topological polar surface area (TPSA) is 95.9 Å². The Morgan fingerprint density at radius 2 is 1.68 bits per heavy atom. The van der Waals surface area contributed by atoms with Crippen LogP contribution in [0.15, 0.2) is 36.4 Å². The van der Waals surface area contributed by atoms with Gasteiger partial charge in [-0.2, -0.15) is 0 Å². The van der Waals surface area contributed by atoms with Gasteiger partial charge in [-0.1, -0.05) is 23.8 Å². The van der Waals surface area contributed by atoms with E-state index in [0.717, 1.165) is 16.7 Å². The number of phenols is 1. The van der Waals surface area contributed by atoms with Crippen LogP contribution in [-0.2, 0) is 14.3 Å². The molecule has 28 heavy (non-hydrogen) atoms. The van der Waals surface area contributed by atoms with E-state index in [1.54, 1.807) is 13.0 Å². The summed E-state index contributed by atoms with van der Waals surface area (Å²) in [6, 6.07) is 10.2. The highest BCUT2D eigenvalue weighted by atomic mass is 16.5. The fraction of sp³-hybridized carbons (Fsp3) is 0.286. The lowest BCUT2D eigenvalue weighted by Gasteiger charge is -2.17. The lowest BCUT2D eigenvalue weighted by molar-refractivity contribution is -0.136. The zero-order valence-corrected chi connectivity index (χ0v) is 16.4. The number of aromatic hydroxyl groups is 1. The number of phenolic OH excluding ortho intramolecular Hbond substituents is 1. The fourth-order valence-corrected chi connectivity index (χ4v) is 2.49. The molecule has 0 aliphatic rings. The van der Waals surface area contributed by atoms with Gasteiger partial charge in [-0.05, 0) is 50.1 Å². The maximum Gasteiger partial charge on any atom is 0.342 e. The van der Waals surface area contributed by atoms with Crippen molar-refractivity contribution in [1.82, 2.24) is 4.90 Å². The Morgan fingerprint density at radius 3 is 2.39 bits per heavy atom. The van der Waals surface area contributed by atoms with Crippen LogP contribution >= 0.6 is 0 Å². The summed E-state index contributed by atoms with van der Waals surface area (Å²) in [4.78, 5) is 37.5. The summed E-state index contributed by atoms with van der Waals surface area (Å²) in [7, 11) is 1.45. The number of rotatable bonds is 6. The van der Waals surface area contributed by atoms with Gasteiger partial charge in [0.25, 0.3) is 5.91 Å². The lowest BCUT2D eigenvalue weighted by atomic mass is 10.1. The molecule has 2 aromatic rings. The van der Waals surface area contributed by atoms with Gasteiger partial charge < -0.3 is 20.1 Å². The number of ether oxygens (including phenoxy) is 1. The average molecular weight is 384 g/mol. The van der Waals surface area contributed by atoms with Gasteiger partial charge in [0.05, 0.1) is 6.54 Å². The Kier molecular flexibility index (Phi) is 6.76. The highest BCUT2D eigenvalue weighted by Crippen LogP contribution is 2.19. The molecule has 7 heteroatoms. The van der Waals surface area contributed by atoms with Crippen molar-refractivity contribution < 1.29 is 24.2 Å². The molecular weight excluding hydrogens is 360 g/mol. The Labute approximate surface area is 163 Å². The minimum atomic E-state index is -0.803. The van der Waals surface area contributed by atoms with Crippen molar-refractivity contribution in [2.75, 3.05) is 25.5 Å². The summed E-state index contributed by atoms with van der Waals surface area (Å²) in [5, 5.41) is 12.5. The standard InChI is InChI=1S/C21H24N2O5/c1-13-6-8-18(24)16(9-13)21(27)28-12-20(26)23(4)11-19(25)22-17-10-14(2)5-7-15(17)3/h5-10,24H,11-12H2,1-4H3,(H,22,25). The summed E-state index contributed by atoms with van der Waals surface area (Å²) >= 11 is 0. The molecular formula is C21H24N2O5. The molecule has 2 N–H and O–H groups in total. The summed E-state index contributed by atoms with van der Waals surface area (Å²) in [5.74, 6) is -1.91. The van der Waals surface area contributed by atoms with E-state index in [4.69, 9.17) is 4.74 Å². The largest absolute Gasteiger partial charge is 0.507 e. The van der Waals surface area contributed by atoms with E-state index < -0.39 is 18.5 Å². The number of benzene rings is 2. The molecule has 0 aromatic heterocycles. The molecule has 0 aliphatic heterocycles. The van der Waals surface area contributed by atoms with E-state index in [1.165, 1.54) is 24.1 Å². The van der Waals surface area contributed by atoms with Gasteiger partial charge >= 0.3 is 5.97 Å². The molecule has 0 bridgehead atoms. The molecule has 2 amide bonds. The molecule has 0 heterocycles. The molecule has 0 saturated heterocycles. The molecule has 0 atom stereocenters.